The van der Waals surface area contributed by atoms with Gasteiger partial charge in [-0.05, 0) is 31.6 Å². The summed E-state index contributed by atoms with van der Waals surface area (Å²) in [7, 11) is 2.12. The van der Waals surface area contributed by atoms with Crippen molar-refractivity contribution < 1.29 is 4.79 Å². The van der Waals surface area contributed by atoms with Crippen LogP contribution >= 0.6 is 11.8 Å². The highest BCUT2D eigenvalue weighted by molar-refractivity contribution is 7.99. The van der Waals surface area contributed by atoms with Crippen molar-refractivity contribution in [1.82, 2.24) is 14.7 Å². The second-order valence-electron chi connectivity index (χ2n) is 6.62. The fourth-order valence-electron chi connectivity index (χ4n) is 3.22. The van der Waals surface area contributed by atoms with Crippen molar-refractivity contribution in [2.24, 2.45) is 0 Å². The first kappa shape index (κ1) is 17.6. The van der Waals surface area contributed by atoms with Gasteiger partial charge in [0.15, 0.2) is 0 Å². The standard InChI is InChI=1S/C18H28N4OS/c1-20-7-4-8-22(10-9-20)18(23)19-17-6-3-2-5-16(17)15-21-11-13-24-14-12-21/h2-3,5-6H,4,7-15H2,1H3,(H,19,23). The highest BCUT2D eigenvalue weighted by Gasteiger charge is 2.19. The Hall–Kier alpha value is -1.24. The van der Waals surface area contributed by atoms with Gasteiger partial charge in [0.1, 0.15) is 0 Å². The molecule has 24 heavy (non-hydrogen) atoms. The molecule has 2 heterocycles. The molecule has 6 heteroatoms. The molecular weight excluding hydrogens is 320 g/mol. The summed E-state index contributed by atoms with van der Waals surface area (Å²) in [5.74, 6) is 2.41. The van der Waals surface area contributed by atoms with Gasteiger partial charge in [0.2, 0.25) is 0 Å². The number of likely N-dealkylation sites (N-methyl/N-ethyl adjacent to an activating group) is 1. The number of amides is 2. The SMILES string of the molecule is CN1CCCN(C(=O)Nc2ccccc2CN2CCSCC2)CC1. The molecular formula is C18H28N4OS. The molecule has 5 nitrogen and oxygen atoms in total. The largest absolute Gasteiger partial charge is 0.323 e. The van der Waals surface area contributed by atoms with Gasteiger partial charge in [-0.15, -0.1) is 0 Å². The van der Waals surface area contributed by atoms with Gasteiger partial charge in [-0.1, -0.05) is 18.2 Å². The first-order valence-corrected chi connectivity index (χ1v) is 10.0. The average molecular weight is 349 g/mol. The maximum atomic E-state index is 12.7. The van der Waals surface area contributed by atoms with Crippen molar-refractivity contribution in [2.45, 2.75) is 13.0 Å². The van der Waals surface area contributed by atoms with Gasteiger partial charge < -0.3 is 15.1 Å². The number of carbonyl (C=O) groups is 1. The number of urea groups is 1. The number of thioether (sulfide) groups is 1. The van der Waals surface area contributed by atoms with Crippen LogP contribution in [0.4, 0.5) is 10.5 Å². The maximum absolute atomic E-state index is 12.7. The van der Waals surface area contributed by atoms with Crippen LogP contribution in [0.2, 0.25) is 0 Å². The van der Waals surface area contributed by atoms with Crippen molar-refractivity contribution in [2.75, 3.05) is 63.1 Å². The zero-order chi connectivity index (χ0) is 16.8. The second-order valence-corrected chi connectivity index (χ2v) is 7.84. The Kier molecular flexibility index (Phi) is 6.40. The molecule has 3 rings (SSSR count). The molecule has 0 saturated carbocycles. The average Bonchev–Trinajstić information content (AvgIpc) is 2.82. The monoisotopic (exact) mass is 348 g/mol. The van der Waals surface area contributed by atoms with Crippen LogP contribution in [0.1, 0.15) is 12.0 Å². The summed E-state index contributed by atoms with van der Waals surface area (Å²) in [5.41, 5.74) is 2.17. The maximum Gasteiger partial charge on any atom is 0.321 e. The van der Waals surface area contributed by atoms with E-state index in [1.165, 1.54) is 17.1 Å². The van der Waals surface area contributed by atoms with E-state index in [2.05, 4.69) is 34.3 Å². The predicted molar refractivity (Wildman–Crippen MR) is 102 cm³/mol. The fraction of sp³-hybridized carbons (Fsp3) is 0.611. The zero-order valence-electron chi connectivity index (χ0n) is 14.5. The van der Waals surface area contributed by atoms with Crippen LogP contribution in [-0.4, -0.2) is 78.6 Å². The molecule has 0 unspecified atom stereocenters. The van der Waals surface area contributed by atoms with Crippen molar-refractivity contribution in [3.63, 3.8) is 0 Å². The van der Waals surface area contributed by atoms with Crippen LogP contribution in [0.15, 0.2) is 24.3 Å². The number of nitrogens with zero attached hydrogens (tertiary/aromatic N) is 3. The topological polar surface area (TPSA) is 38.8 Å². The van der Waals surface area contributed by atoms with Gasteiger partial charge in [0, 0.05) is 56.5 Å². The Morgan fingerprint density at radius 3 is 2.71 bits per heavy atom. The Labute approximate surface area is 149 Å². The quantitative estimate of drug-likeness (QED) is 0.910. The predicted octanol–water partition coefficient (Wildman–Crippen LogP) is 2.40. The van der Waals surface area contributed by atoms with E-state index in [1.54, 1.807) is 0 Å². The second kappa shape index (κ2) is 8.74. The molecule has 2 aliphatic heterocycles. The summed E-state index contributed by atoms with van der Waals surface area (Å²) in [4.78, 5) is 19.4. The van der Waals surface area contributed by atoms with Crippen LogP contribution in [0.5, 0.6) is 0 Å². The van der Waals surface area contributed by atoms with Crippen molar-refractivity contribution in [3.05, 3.63) is 29.8 Å². The molecule has 0 aliphatic carbocycles. The minimum absolute atomic E-state index is 0.0342. The molecule has 2 fully saturated rings. The number of benzene rings is 1. The van der Waals surface area contributed by atoms with E-state index in [-0.39, 0.29) is 6.03 Å². The van der Waals surface area contributed by atoms with Gasteiger partial charge in [0.25, 0.3) is 0 Å². The van der Waals surface area contributed by atoms with Crippen LogP contribution in [0.3, 0.4) is 0 Å². The Balaban J connectivity index is 1.62. The third-order valence-electron chi connectivity index (χ3n) is 4.76. The molecule has 0 bridgehead atoms. The van der Waals surface area contributed by atoms with Crippen molar-refractivity contribution in [1.29, 1.82) is 0 Å². The molecule has 2 amide bonds. The molecule has 2 saturated heterocycles. The number of nitrogens with one attached hydrogen (secondary N) is 1. The first-order valence-electron chi connectivity index (χ1n) is 8.85. The Bertz CT molecular complexity index is 548. The van der Waals surface area contributed by atoms with E-state index in [4.69, 9.17) is 0 Å². The van der Waals surface area contributed by atoms with E-state index in [9.17, 15) is 4.79 Å². The number of anilines is 1. The summed E-state index contributed by atoms with van der Waals surface area (Å²) >= 11 is 2.02. The molecule has 1 N–H and O–H groups in total. The minimum atomic E-state index is 0.0342. The van der Waals surface area contributed by atoms with Gasteiger partial charge in [0.05, 0.1) is 0 Å². The number of hydrogen-bond donors (Lipinski definition) is 1. The van der Waals surface area contributed by atoms with Crippen LogP contribution in [0, 0.1) is 0 Å². The third kappa shape index (κ3) is 4.88. The van der Waals surface area contributed by atoms with Crippen molar-refractivity contribution >= 4 is 23.5 Å². The Morgan fingerprint density at radius 1 is 1.08 bits per heavy atom. The van der Waals surface area contributed by atoms with Gasteiger partial charge in [-0.3, -0.25) is 4.90 Å². The van der Waals surface area contributed by atoms with Crippen LogP contribution < -0.4 is 5.32 Å². The smallest absolute Gasteiger partial charge is 0.321 e. The lowest BCUT2D eigenvalue weighted by atomic mass is 10.1. The number of rotatable bonds is 3. The van der Waals surface area contributed by atoms with Gasteiger partial charge >= 0.3 is 6.03 Å². The van der Waals surface area contributed by atoms with E-state index in [1.807, 2.05) is 28.8 Å². The molecule has 0 radical (unpaired) electrons. The minimum Gasteiger partial charge on any atom is -0.323 e. The van der Waals surface area contributed by atoms with E-state index in [0.29, 0.717) is 0 Å². The lowest BCUT2D eigenvalue weighted by molar-refractivity contribution is 0.213. The summed E-state index contributed by atoms with van der Waals surface area (Å²) in [6.07, 6.45) is 1.04. The molecule has 1 aromatic rings. The molecule has 2 aliphatic rings. The molecule has 132 valence electrons. The first-order chi connectivity index (χ1) is 11.7. The normalized spacial score (nSPS) is 20.6. The number of hydrogen-bond acceptors (Lipinski definition) is 4. The lowest BCUT2D eigenvalue weighted by Gasteiger charge is -2.27. The highest BCUT2D eigenvalue weighted by atomic mass is 32.2. The highest BCUT2D eigenvalue weighted by Crippen LogP contribution is 2.20. The molecule has 0 atom stereocenters. The molecule has 1 aromatic carbocycles. The Morgan fingerprint density at radius 2 is 1.88 bits per heavy atom. The zero-order valence-corrected chi connectivity index (χ0v) is 15.4. The van der Waals surface area contributed by atoms with Crippen molar-refractivity contribution in [3.8, 4) is 0 Å². The third-order valence-corrected chi connectivity index (χ3v) is 5.71. The molecule has 0 spiro atoms. The van der Waals surface area contributed by atoms with E-state index < -0.39 is 0 Å². The molecule has 0 aromatic heterocycles. The summed E-state index contributed by atoms with van der Waals surface area (Å²) in [6.45, 7) is 6.82. The summed E-state index contributed by atoms with van der Waals surface area (Å²) in [6, 6.07) is 8.25. The number of carbonyl (C=O) groups excluding carboxylic acids is 1. The van der Waals surface area contributed by atoms with Gasteiger partial charge in [-0.25, -0.2) is 4.79 Å². The summed E-state index contributed by atoms with van der Waals surface area (Å²) in [5, 5.41) is 3.15. The fourth-order valence-corrected chi connectivity index (χ4v) is 4.20. The summed E-state index contributed by atoms with van der Waals surface area (Å²) < 4.78 is 0. The van der Waals surface area contributed by atoms with E-state index in [0.717, 1.165) is 57.9 Å². The van der Waals surface area contributed by atoms with Crippen LogP contribution in [-0.2, 0) is 6.54 Å². The number of para-hydroxylation sites is 1. The van der Waals surface area contributed by atoms with Gasteiger partial charge in [-0.2, -0.15) is 11.8 Å². The van der Waals surface area contributed by atoms with E-state index >= 15 is 0 Å². The van der Waals surface area contributed by atoms with Crippen LogP contribution in [0.25, 0.3) is 0 Å². The lowest BCUT2D eigenvalue weighted by Crippen LogP contribution is -2.38.